The molecular weight excluding hydrogens is 244 g/mol. The molecule has 2 heterocycles. The van der Waals surface area contributed by atoms with Gasteiger partial charge in [-0.15, -0.1) is 0 Å². The molecule has 19 heavy (non-hydrogen) atoms. The van der Waals surface area contributed by atoms with Crippen LogP contribution < -0.4 is 10.9 Å². The second kappa shape index (κ2) is 5.42. The molecule has 1 aromatic heterocycles. The maximum atomic E-state index is 12.0. The molecule has 0 fully saturated rings. The van der Waals surface area contributed by atoms with Crippen LogP contribution in [0.15, 0.2) is 11.1 Å². The highest BCUT2D eigenvalue weighted by Gasteiger charge is 2.23. The second-order valence-corrected chi connectivity index (χ2v) is 5.34. The number of aryl methyl sites for hydroxylation is 1. The zero-order valence-corrected chi connectivity index (χ0v) is 11.6. The monoisotopic (exact) mass is 264 g/mol. The van der Waals surface area contributed by atoms with Crippen LogP contribution in [0.3, 0.4) is 0 Å². The number of fused-ring (bicyclic) bond motifs is 1. The van der Waals surface area contributed by atoms with Crippen molar-refractivity contribution in [1.29, 1.82) is 0 Å². The normalized spacial score (nSPS) is 14.4. The van der Waals surface area contributed by atoms with Gasteiger partial charge in [-0.25, -0.2) is 9.78 Å². The van der Waals surface area contributed by atoms with Gasteiger partial charge in [-0.2, -0.15) is 0 Å². The van der Waals surface area contributed by atoms with E-state index in [1.165, 1.54) is 10.9 Å². The summed E-state index contributed by atoms with van der Waals surface area (Å²) in [5.74, 6) is 0.423. The summed E-state index contributed by atoms with van der Waals surface area (Å²) in [4.78, 5) is 29.8. The number of amides is 2. The average Bonchev–Trinajstić information content (AvgIpc) is 2.40. The lowest BCUT2D eigenvalue weighted by molar-refractivity contribution is 0.190. The van der Waals surface area contributed by atoms with E-state index in [0.717, 1.165) is 5.56 Å². The number of nitrogens with one attached hydrogen (secondary N) is 1. The molecule has 0 aliphatic carbocycles. The Hall–Kier alpha value is -1.85. The predicted molar refractivity (Wildman–Crippen MR) is 71.8 cm³/mol. The third-order valence-electron chi connectivity index (χ3n) is 3.23. The van der Waals surface area contributed by atoms with Crippen molar-refractivity contribution in [3.63, 3.8) is 0 Å². The highest BCUT2D eigenvalue weighted by Crippen LogP contribution is 2.13. The van der Waals surface area contributed by atoms with Crippen LogP contribution in [-0.2, 0) is 20.0 Å². The van der Waals surface area contributed by atoms with Crippen LogP contribution in [0.5, 0.6) is 0 Å². The van der Waals surface area contributed by atoms with Gasteiger partial charge in [-0.05, 0) is 12.3 Å². The molecule has 0 unspecified atom stereocenters. The fourth-order valence-electron chi connectivity index (χ4n) is 2.09. The standard InChI is InChI=1S/C13H20N4O2/c1-9(2)6-14-13(19)17-5-4-10-11(7-17)15-8-16(3)12(10)18/h8-9H,4-7H2,1-3H3,(H,14,19). The minimum atomic E-state index is -0.0816. The van der Waals surface area contributed by atoms with E-state index in [1.54, 1.807) is 11.9 Å². The maximum Gasteiger partial charge on any atom is 0.317 e. The van der Waals surface area contributed by atoms with E-state index in [4.69, 9.17) is 0 Å². The molecule has 2 rings (SSSR count). The lowest BCUT2D eigenvalue weighted by Crippen LogP contribution is -2.45. The Labute approximate surface area is 112 Å². The highest BCUT2D eigenvalue weighted by atomic mass is 16.2. The van der Waals surface area contributed by atoms with Crippen molar-refractivity contribution in [3.8, 4) is 0 Å². The molecule has 0 atom stereocenters. The molecule has 2 amide bonds. The molecule has 6 nitrogen and oxygen atoms in total. The number of aromatic nitrogens is 2. The van der Waals surface area contributed by atoms with Crippen LogP contribution in [0.2, 0.25) is 0 Å². The van der Waals surface area contributed by atoms with Gasteiger partial charge in [0, 0.05) is 25.7 Å². The number of carbonyl (C=O) groups excluding carboxylic acids is 1. The van der Waals surface area contributed by atoms with E-state index >= 15 is 0 Å². The number of hydrogen-bond donors (Lipinski definition) is 1. The van der Waals surface area contributed by atoms with Gasteiger partial charge >= 0.3 is 6.03 Å². The van der Waals surface area contributed by atoms with E-state index in [-0.39, 0.29) is 11.6 Å². The van der Waals surface area contributed by atoms with Gasteiger partial charge in [-0.1, -0.05) is 13.8 Å². The Balaban J connectivity index is 2.08. The summed E-state index contributed by atoms with van der Waals surface area (Å²) in [5.41, 5.74) is 1.44. The summed E-state index contributed by atoms with van der Waals surface area (Å²) < 4.78 is 1.48. The van der Waals surface area contributed by atoms with Crippen molar-refractivity contribution < 1.29 is 4.79 Å². The van der Waals surface area contributed by atoms with Crippen LogP contribution in [0.1, 0.15) is 25.1 Å². The summed E-state index contributed by atoms with van der Waals surface area (Å²) >= 11 is 0. The lowest BCUT2D eigenvalue weighted by atomic mass is 10.1. The zero-order valence-electron chi connectivity index (χ0n) is 11.6. The quantitative estimate of drug-likeness (QED) is 0.846. The van der Waals surface area contributed by atoms with Gasteiger partial charge in [0.25, 0.3) is 5.56 Å². The van der Waals surface area contributed by atoms with Gasteiger partial charge in [0.2, 0.25) is 0 Å². The minimum Gasteiger partial charge on any atom is -0.338 e. The number of nitrogens with zero attached hydrogens (tertiary/aromatic N) is 3. The molecule has 0 spiro atoms. The molecule has 104 valence electrons. The Morgan fingerprint density at radius 1 is 1.53 bits per heavy atom. The molecule has 0 saturated heterocycles. The van der Waals surface area contributed by atoms with Crippen LogP contribution >= 0.6 is 0 Å². The van der Waals surface area contributed by atoms with Crippen LogP contribution in [-0.4, -0.2) is 33.6 Å². The summed E-state index contributed by atoms with van der Waals surface area (Å²) in [5, 5.41) is 2.88. The summed E-state index contributed by atoms with van der Waals surface area (Å²) in [6.07, 6.45) is 2.08. The molecule has 0 aromatic carbocycles. The largest absolute Gasteiger partial charge is 0.338 e. The van der Waals surface area contributed by atoms with Crippen LogP contribution in [0.25, 0.3) is 0 Å². The Morgan fingerprint density at radius 3 is 2.95 bits per heavy atom. The Morgan fingerprint density at radius 2 is 2.26 bits per heavy atom. The molecule has 0 radical (unpaired) electrons. The molecule has 6 heteroatoms. The molecule has 1 N–H and O–H groups in total. The van der Waals surface area contributed by atoms with E-state index in [0.29, 0.717) is 37.7 Å². The smallest absolute Gasteiger partial charge is 0.317 e. The van der Waals surface area contributed by atoms with Gasteiger partial charge in [0.1, 0.15) is 0 Å². The SMILES string of the molecule is CC(C)CNC(=O)N1CCc2c(ncn(C)c2=O)C1. The number of hydrogen-bond acceptors (Lipinski definition) is 3. The summed E-state index contributed by atoms with van der Waals surface area (Å²) in [6, 6.07) is -0.0816. The van der Waals surface area contributed by atoms with E-state index in [1.807, 2.05) is 0 Å². The first-order chi connectivity index (χ1) is 8.99. The Kier molecular flexibility index (Phi) is 3.87. The number of carbonyl (C=O) groups is 1. The van der Waals surface area contributed by atoms with Crippen LogP contribution in [0, 0.1) is 5.92 Å². The molecule has 1 aliphatic rings. The molecule has 0 saturated carbocycles. The third kappa shape index (κ3) is 2.94. The first-order valence-corrected chi connectivity index (χ1v) is 6.55. The van der Waals surface area contributed by atoms with Crippen LogP contribution in [0.4, 0.5) is 4.79 Å². The maximum absolute atomic E-state index is 12.0. The second-order valence-electron chi connectivity index (χ2n) is 5.34. The number of urea groups is 1. The predicted octanol–water partition coefficient (Wildman–Crippen LogP) is 0.504. The molecule has 0 bridgehead atoms. The molecule has 1 aliphatic heterocycles. The van der Waals surface area contributed by atoms with Crippen molar-refractivity contribution in [2.45, 2.75) is 26.8 Å². The van der Waals surface area contributed by atoms with Crippen molar-refractivity contribution in [3.05, 3.63) is 27.9 Å². The zero-order chi connectivity index (χ0) is 14.0. The van der Waals surface area contributed by atoms with Crippen molar-refractivity contribution >= 4 is 6.03 Å². The van der Waals surface area contributed by atoms with Gasteiger partial charge in [-0.3, -0.25) is 4.79 Å². The van der Waals surface area contributed by atoms with E-state index in [2.05, 4.69) is 24.1 Å². The highest BCUT2D eigenvalue weighted by molar-refractivity contribution is 5.74. The fraction of sp³-hybridized carbons (Fsp3) is 0.615. The number of rotatable bonds is 2. The van der Waals surface area contributed by atoms with Crippen molar-refractivity contribution in [2.24, 2.45) is 13.0 Å². The fourth-order valence-corrected chi connectivity index (χ4v) is 2.09. The minimum absolute atomic E-state index is 0.00719. The molecule has 1 aromatic rings. The topological polar surface area (TPSA) is 67.2 Å². The summed E-state index contributed by atoms with van der Waals surface area (Å²) in [7, 11) is 1.69. The Bertz CT molecular complexity index is 536. The first kappa shape index (κ1) is 13.6. The lowest BCUT2D eigenvalue weighted by Gasteiger charge is -2.28. The van der Waals surface area contributed by atoms with E-state index < -0.39 is 0 Å². The van der Waals surface area contributed by atoms with Gasteiger partial charge in [0.15, 0.2) is 0 Å². The van der Waals surface area contributed by atoms with E-state index in [9.17, 15) is 9.59 Å². The van der Waals surface area contributed by atoms with Crippen molar-refractivity contribution in [2.75, 3.05) is 13.1 Å². The molecular formula is C13H20N4O2. The first-order valence-electron chi connectivity index (χ1n) is 6.55. The van der Waals surface area contributed by atoms with Gasteiger partial charge in [0.05, 0.1) is 18.6 Å². The summed E-state index contributed by atoms with van der Waals surface area (Å²) in [6.45, 7) is 5.74. The van der Waals surface area contributed by atoms with Gasteiger partial charge < -0.3 is 14.8 Å². The average molecular weight is 264 g/mol. The third-order valence-corrected chi connectivity index (χ3v) is 3.23. The van der Waals surface area contributed by atoms with Crippen molar-refractivity contribution in [1.82, 2.24) is 19.8 Å².